The van der Waals surface area contributed by atoms with E-state index in [1.54, 1.807) is 0 Å². The highest BCUT2D eigenvalue weighted by atomic mass is 31.2. The van der Waals surface area contributed by atoms with Crippen LogP contribution in [-0.4, -0.2) is 10.5 Å². The van der Waals surface area contributed by atoms with Gasteiger partial charge in [-0.25, -0.2) is 0 Å². The standard InChI is InChI=1S/C50H50O6P2/c1-31(2)39-20-16-34(7)26-45(39)55-58-54-44-23-19-38-13-9-11-15-42(38)48(44)47-41-14-10-8-12-37(41)18-22-43(47)52-57(51)53-46-28-35(17-21-40(46)32(3)4)27-36-24-25-49(33(5)6)30-50(49,29-36)56-58/h8-26,28-29,31-33,51H,27,30H2,1-7H3. The third-order valence-electron chi connectivity index (χ3n) is 12.1. The second kappa shape index (κ2) is 15.2. The first-order chi connectivity index (χ1) is 27.9. The zero-order valence-corrected chi connectivity index (χ0v) is 35.9. The third-order valence-corrected chi connectivity index (χ3v) is 14.0. The molecule has 6 nitrogen and oxygen atoms in total. The van der Waals surface area contributed by atoms with E-state index in [1.807, 2.05) is 42.5 Å². The quantitative estimate of drug-likeness (QED) is 0.175. The number of rotatable bonds is 5. The van der Waals surface area contributed by atoms with Gasteiger partial charge in [-0.3, -0.25) is 4.52 Å². The minimum absolute atomic E-state index is 0.167. The van der Waals surface area contributed by atoms with E-state index in [1.165, 1.54) is 0 Å². The molecule has 8 heteroatoms. The number of benzene rings is 6. The Morgan fingerprint density at radius 2 is 1.29 bits per heavy atom. The second-order valence-corrected chi connectivity index (χ2v) is 18.8. The zero-order valence-electron chi connectivity index (χ0n) is 34.2. The predicted molar refractivity (Wildman–Crippen MR) is 238 cm³/mol. The van der Waals surface area contributed by atoms with Crippen LogP contribution < -0.4 is 18.1 Å². The topological polar surface area (TPSA) is 66.4 Å². The van der Waals surface area contributed by atoms with E-state index < -0.39 is 22.8 Å². The molecule has 6 aromatic carbocycles. The van der Waals surface area contributed by atoms with Gasteiger partial charge in [0.05, 0.1) is 0 Å². The monoisotopic (exact) mass is 808 g/mol. The van der Waals surface area contributed by atoms with Crippen molar-refractivity contribution < 1.29 is 27.5 Å². The molecule has 0 saturated heterocycles. The van der Waals surface area contributed by atoms with E-state index in [0.717, 1.165) is 72.7 Å². The van der Waals surface area contributed by atoms with Crippen LogP contribution in [0.2, 0.25) is 0 Å². The van der Waals surface area contributed by atoms with Crippen molar-refractivity contribution in [2.24, 2.45) is 11.3 Å². The summed E-state index contributed by atoms with van der Waals surface area (Å²) in [6.07, 6.45) is 8.40. The van der Waals surface area contributed by atoms with Crippen LogP contribution in [0, 0.1) is 18.3 Å². The Labute approximate surface area is 344 Å². The molecule has 296 valence electrons. The fourth-order valence-corrected chi connectivity index (χ4v) is 10.9. The van der Waals surface area contributed by atoms with Gasteiger partial charge >= 0.3 is 17.2 Å². The van der Waals surface area contributed by atoms with Crippen LogP contribution >= 0.6 is 17.2 Å². The molecular weight excluding hydrogens is 758 g/mol. The normalized spacial score (nSPS) is 22.6. The highest BCUT2D eigenvalue weighted by Gasteiger charge is 2.70. The first-order valence-electron chi connectivity index (χ1n) is 20.3. The molecule has 0 aromatic heterocycles. The summed E-state index contributed by atoms with van der Waals surface area (Å²) in [4.78, 5) is 11.8. The fraction of sp³-hybridized carbons (Fsp3) is 0.280. The lowest BCUT2D eigenvalue weighted by atomic mass is 9.83. The molecule has 1 heterocycles. The molecule has 3 aliphatic rings. The van der Waals surface area contributed by atoms with Gasteiger partial charge in [-0.05, 0) is 117 Å². The molecule has 1 saturated carbocycles. The van der Waals surface area contributed by atoms with E-state index >= 15 is 0 Å². The molecule has 4 atom stereocenters. The van der Waals surface area contributed by atoms with Crippen molar-refractivity contribution in [1.29, 1.82) is 0 Å². The van der Waals surface area contributed by atoms with Crippen LogP contribution in [0.25, 0.3) is 32.7 Å². The van der Waals surface area contributed by atoms with E-state index in [2.05, 4.69) is 133 Å². The van der Waals surface area contributed by atoms with Gasteiger partial charge in [0.1, 0.15) is 28.6 Å². The van der Waals surface area contributed by atoms with Crippen LogP contribution in [0.3, 0.4) is 0 Å². The Bertz CT molecular complexity index is 2610. The maximum Gasteiger partial charge on any atom is 0.464 e. The average Bonchev–Trinajstić information content (AvgIpc) is 3.86. The number of fused-ring (bicyclic) bond motifs is 9. The van der Waals surface area contributed by atoms with Crippen molar-refractivity contribution in [3.63, 3.8) is 0 Å². The molecule has 2 aliphatic carbocycles. The second-order valence-electron chi connectivity index (χ2n) is 17.0. The van der Waals surface area contributed by atoms with Gasteiger partial charge in [-0.15, -0.1) is 0 Å². The van der Waals surface area contributed by atoms with Crippen LogP contribution in [0.1, 0.15) is 82.1 Å². The summed E-state index contributed by atoms with van der Waals surface area (Å²) in [7, 11) is -4.46. The smallest absolute Gasteiger partial charge is 0.418 e. The van der Waals surface area contributed by atoms with Crippen molar-refractivity contribution in [2.75, 3.05) is 0 Å². The SMILES string of the molecule is Cc1ccc(C(C)C)c(OP2Oc3ccc4ccccc4c3-c3c(ccc4ccccc34)OP(O)Oc3cc(ccc3C(C)C)CC3=CC4(CC4(C(C)C)C=C3)O2)c1. The lowest BCUT2D eigenvalue weighted by molar-refractivity contribution is 0.148. The molecule has 1 N–H and O–H groups in total. The van der Waals surface area contributed by atoms with Crippen LogP contribution in [0.5, 0.6) is 23.0 Å². The average molecular weight is 809 g/mol. The number of hydrogen-bond donors (Lipinski definition) is 1. The summed E-state index contributed by atoms with van der Waals surface area (Å²) >= 11 is 0. The first-order valence-corrected chi connectivity index (χ1v) is 22.5. The minimum atomic E-state index is -2.41. The molecule has 58 heavy (non-hydrogen) atoms. The van der Waals surface area contributed by atoms with Crippen molar-refractivity contribution in [2.45, 2.75) is 78.7 Å². The van der Waals surface area contributed by atoms with E-state index in [-0.39, 0.29) is 17.3 Å². The maximum atomic E-state index is 11.8. The largest absolute Gasteiger partial charge is 0.464 e. The Hall–Kier alpha value is -4.70. The van der Waals surface area contributed by atoms with Gasteiger partial charge in [0, 0.05) is 16.5 Å². The van der Waals surface area contributed by atoms with Gasteiger partial charge in [0.15, 0.2) is 0 Å². The summed E-state index contributed by atoms with van der Waals surface area (Å²) in [5.41, 5.74) is 6.14. The van der Waals surface area contributed by atoms with E-state index in [9.17, 15) is 4.89 Å². The number of allylic oxidation sites excluding steroid dienone is 2. The fourth-order valence-electron chi connectivity index (χ4n) is 8.90. The summed E-state index contributed by atoms with van der Waals surface area (Å²) in [6.45, 7) is 15.3. The molecule has 1 aliphatic heterocycles. The summed E-state index contributed by atoms with van der Waals surface area (Å²) in [6, 6.07) is 37.2. The number of hydrogen-bond acceptors (Lipinski definition) is 6. The Kier molecular flexibility index (Phi) is 10.1. The van der Waals surface area contributed by atoms with Crippen molar-refractivity contribution in [3.8, 4) is 34.1 Å². The van der Waals surface area contributed by atoms with Gasteiger partial charge in [0.2, 0.25) is 0 Å². The van der Waals surface area contributed by atoms with Gasteiger partial charge in [0.25, 0.3) is 0 Å². The first kappa shape index (κ1) is 38.8. The summed E-state index contributed by atoms with van der Waals surface area (Å²) in [5, 5.41) is 3.97. The molecule has 4 unspecified atom stereocenters. The van der Waals surface area contributed by atoms with Crippen molar-refractivity contribution in [3.05, 3.63) is 155 Å². The predicted octanol–water partition coefficient (Wildman–Crippen LogP) is 14.4. The third kappa shape index (κ3) is 6.99. The molecule has 9 rings (SSSR count). The zero-order chi connectivity index (χ0) is 40.3. The van der Waals surface area contributed by atoms with Crippen LogP contribution in [0.4, 0.5) is 0 Å². The minimum Gasteiger partial charge on any atom is -0.418 e. The van der Waals surface area contributed by atoms with Crippen molar-refractivity contribution in [1.82, 2.24) is 0 Å². The Morgan fingerprint density at radius 3 is 1.95 bits per heavy atom. The van der Waals surface area contributed by atoms with E-state index in [0.29, 0.717) is 29.6 Å². The molecule has 6 aromatic rings. The molecule has 1 fully saturated rings. The number of aryl methyl sites for hydroxylation is 1. The van der Waals surface area contributed by atoms with Gasteiger partial charge < -0.3 is 23.0 Å². The highest BCUT2D eigenvalue weighted by Crippen LogP contribution is 2.71. The summed E-state index contributed by atoms with van der Waals surface area (Å²) < 4.78 is 34.7. The maximum absolute atomic E-state index is 11.8. The van der Waals surface area contributed by atoms with Gasteiger partial charge in [-0.2, -0.15) is 0 Å². The Morgan fingerprint density at radius 1 is 0.672 bits per heavy atom. The lowest BCUT2D eigenvalue weighted by Gasteiger charge is -2.31. The van der Waals surface area contributed by atoms with Crippen LogP contribution in [-0.2, 0) is 10.9 Å². The molecule has 0 amide bonds. The van der Waals surface area contributed by atoms with Gasteiger partial charge in [-0.1, -0.05) is 139 Å². The molecule has 0 radical (unpaired) electrons. The highest BCUT2D eigenvalue weighted by molar-refractivity contribution is 7.42. The molecular formula is C50H50O6P2. The Balaban J connectivity index is 1.30. The van der Waals surface area contributed by atoms with E-state index in [4.69, 9.17) is 22.6 Å². The molecule has 1 spiro atoms. The van der Waals surface area contributed by atoms with Crippen LogP contribution in [0.15, 0.2) is 133 Å². The lowest BCUT2D eigenvalue weighted by Crippen LogP contribution is -2.27. The summed E-state index contributed by atoms with van der Waals surface area (Å²) in [5.74, 6) is 3.14. The molecule has 4 bridgehead atoms. The van der Waals surface area contributed by atoms with Crippen molar-refractivity contribution >= 4 is 38.7 Å².